The number of rotatable bonds is 4. The first-order valence-corrected chi connectivity index (χ1v) is 5.12. The van der Waals surface area contributed by atoms with Gasteiger partial charge in [0.15, 0.2) is 0 Å². The summed E-state index contributed by atoms with van der Waals surface area (Å²) in [5.74, 6) is 0.298. The van der Waals surface area contributed by atoms with E-state index in [1.165, 1.54) is 0 Å². The van der Waals surface area contributed by atoms with Crippen molar-refractivity contribution in [2.24, 2.45) is 5.73 Å². The molecular weight excluding hydrogens is 206 g/mol. The highest BCUT2D eigenvalue weighted by atomic mass is 16.7. The molecular formula is C11H15N3O2. The van der Waals surface area contributed by atoms with Crippen LogP contribution in [-0.4, -0.2) is 22.8 Å². The van der Waals surface area contributed by atoms with Crippen molar-refractivity contribution < 1.29 is 9.94 Å². The first-order chi connectivity index (χ1) is 7.79. The predicted octanol–water partition coefficient (Wildman–Crippen LogP) is 0.0994. The Labute approximate surface area is 94.0 Å². The van der Waals surface area contributed by atoms with Crippen LogP contribution in [0.4, 0.5) is 0 Å². The third-order valence-electron chi connectivity index (χ3n) is 2.45. The van der Waals surface area contributed by atoms with E-state index < -0.39 is 0 Å². The summed E-state index contributed by atoms with van der Waals surface area (Å²) in [5, 5.41) is 11.0. The van der Waals surface area contributed by atoms with Crippen LogP contribution in [0.25, 0.3) is 0 Å². The molecule has 0 saturated carbocycles. The zero-order chi connectivity index (χ0) is 11.4. The van der Waals surface area contributed by atoms with Crippen molar-refractivity contribution in [3.63, 3.8) is 0 Å². The fourth-order valence-corrected chi connectivity index (χ4v) is 1.61. The Hall–Kier alpha value is -1.72. The van der Waals surface area contributed by atoms with Crippen LogP contribution in [0, 0.1) is 0 Å². The smallest absolute Gasteiger partial charge is 0.229 e. The zero-order valence-corrected chi connectivity index (χ0v) is 8.84. The number of benzene rings is 1. The fourth-order valence-electron chi connectivity index (χ4n) is 1.61. The minimum atomic E-state index is -0.0940. The van der Waals surface area contributed by atoms with Crippen molar-refractivity contribution >= 4 is 0 Å². The largest absolute Gasteiger partial charge is 0.394 e. The second kappa shape index (κ2) is 4.87. The highest BCUT2D eigenvalue weighted by Crippen LogP contribution is 2.11. The molecule has 0 aliphatic carbocycles. The maximum atomic E-state index is 9.33. The monoisotopic (exact) mass is 221 g/mol. The van der Waals surface area contributed by atoms with E-state index in [1.54, 1.807) is 11.2 Å². The Balaban J connectivity index is 2.01. The lowest BCUT2D eigenvalue weighted by Gasteiger charge is -2.23. The van der Waals surface area contributed by atoms with Crippen molar-refractivity contribution in [3.8, 4) is 0 Å². The number of hydrazine groups is 1. The average molecular weight is 221 g/mol. The molecule has 1 aliphatic heterocycles. The number of nitrogens with two attached hydrogens (primary N) is 1. The van der Waals surface area contributed by atoms with Gasteiger partial charge in [-0.15, -0.1) is 0 Å². The Bertz CT molecular complexity index is 367. The van der Waals surface area contributed by atoms with Crippen LogP contribution in [0.1, 0.15) is 5.56 Å². The van der Waals surface area contributed by atoms with E-state index in [2.05, 4.69) is 5.59 Å². The minimum Gasteiger partial charge on any atom is -0.394 e. The molecule has 0 aromatic heterocycles. The second-order valence-electron chi connectivity index (χ2n) is 3.66. The lowest BCUT2D eigenvalue weighted by atomic mass is 10.1. The Morgan fingerprint density at radius 3 is 2.69 bits per heavy atom. The molecule has 0 bridgehead atoms. The number of aliphatic hydroxyl groups excluding tert-OH is 1. The van der Waals surface area contributed by atoms with E-state index >= 15 is 0 Å². The van der Waals surface area contributed by atoms with Crippen molar-refractivity contribution in [3.05, 3.63) is 48.0 Å². The molecule has 1 heterocycles. The van der Waals surface area contributed by atoms with E-state index in [9.17, 15) is 5.11 Å². The third kappa shape index (κ3) is 2.44. The van der Waals surface area contributed by atoms with E-state index in [1.807, 2.05) is 30.3 Å². The van der Waals surface area contributed by atoms with Crippen LogP contribution in [0.2, 0.25) is 0 Å². The van der Waals surface area contributed by atoms with Crippen LogP contribution >= 0.6 is 0 Å². The second-order valence-corrected chi connectivity index (χ2v) is 3.66. The maximum Gasteiger partial charge on any atom is 0.229 e. The topological polar surface area (TPSA) is 70.8 Å². The molecule has 1 unspecified atom stereocenters. The quantitative estimate of drug-likeness (QED) is 0.672. The molecule has 0 saturated heterocycles. The molecule has 0 radical (unpaired) electrons. The number of nitrogens with one attached hydrogen (secondary N) is 1. The number of hydrogen-bond donors (Lipinski definition) is 3. The Morgan fingerprint density at radius 1 is 1.38 bits per heavy atom. The van der Waals surface area contributed by atoms with Crippen molar-refractivity contribution in [1.29, 1.82) is 0 Å². The molecule has 1 aliphatic rings. The highest BCUT2D eigenvalue weighted by Gasteiger charge is 2.20. The van der Waals surface area contributed by atoms with E-state index in [0.29, 0.717) is 5.88 Å². The normalized spacial score (nSPS) is 16.8. The number of nitrogens with zero attached hydrogens (tertiary/aromatic N) is 1. The molecule has 86 valence electrons. The van der Waals surface area contributed by atoms with Gasteiger partial charge >= 0.3 is 0 Å². The molecule has 1 aromatic rings. The number of aliphatic hydroxyl groups is 1. The molecule has 4 N–H and O–H groups in total. The summed E-state index contributed by atoms with van der Waals surface area (Å²) in [6, 6.07) is 9.86. The van der Waals surface area contributed by atoms with Gasteiger partial charge in [-0.25, -0.2) is 0 Å². The molecule has 0 fully saturated rings. The molecule has 16 heavy (non-hydrogen) atoms. The molecule has 5 heteroatoms. The van der Waals surface area contributed by atoms with Crippen molar-refractivity contribution in [2.45, 2.75) is 12.5 Å². The van der Waals surface area contributed by atoms with E-state index in [4.69, 9.17) is 10.6 Å². The molecule has 0 amide bonds. The van der Waals surface area contributed by atoms with Crippen LogP contribution in [0.5, 0.6) is 0 Å². The van der Waals surface area contributed by atoms with Crippen molar-refractivity contribution in [1.82, 2.24) is 10.6 Å². The molecule has 1 atom stereocenters. The Morgan fingerprint density at radius 2 is 2.12 bits per heavy atom. The van der Waals surface area contributed by atoms with Crippen LogP contribution in [0.3, 0.4) is 0 Å². The minimum absolute atomic E-state index is 0.0229. The average Bonchev–Trinajstić information content (AvgIpc) is 2.74. The van der Waals surface area contributed by atoms with E-state index in [-0.39, 0.29) is 12.6 Å². The fraction of sp³-hybridized carbons (Fsp3) is 0.273. The summed E-state index contributed by atoms with van der Waals surface area (Å²) >= 11 is 0. The van der Waals surface area contributed by atoms with Crippen LogP contribution in [0.15, 0.2) is 42.4 Å². The molecule has 5 nitrogen and oxygen atoms in total. The van der Waals surface area contributed by atoms with Gasteiger partial charge in [0.1, 0.15) is 0 Å². The van der Waals surface area contributed by atoms with Gasteiger partial charge in [-0.1, -0.05) is 35.9 Å². The van der Waals surface area contributed by atoms with Crippen molar-refractivity contribution in [2.75, 3.05) is 6.61 Å². The van der Waals surface area contributed by atoms with Gasteiger partial charge in [0.05, 0.1) is 18.8 Å². The number of hydrogen-bond acceptors (Lipinski definition) is 5. The highest BCUT2D eigenvalue weighted by molar-refractivity contribution is 5.16. The Kier molecular flexibility index (Phi) is 3.28. The standard InChI is InChI=1S/C11H15N3O2/c12-11-7-14(13-16-11)10(8-15)6-9-4-2-1-3-5-9/h1-5,7,10,13,15H,6,8,12H2. The van der Waals surface area contributed by atoms with Crippen LogP contribution in [-0.2, 0) is 11.3 Å². The van der Waals surface area contributed by atoms with E-state index in [0.717, 1.165) is 12.0 Å². The van der Waals surface area contributed by atoms with Gasteiger partial charge < -0.3 is 15.7 Å². The summed E-state index contributed by atoms with van der Waals surface area (Å²) < 4.78 is 0. The molecule has 0 spiro atoms. The SMILES string of the molecule is NC1=CN(C(CO)Cc2ccccc2)NO1. The third-order valence-corrected chi connectivity index (χ3v) is 2.45. The summed E-state index contributed by atoms with van der Waals surface area (Å²) in [4.78, 5) is 4.89. The molecule has 1 aromatic carbocycles. The van der Waals surface area contributed by atoms with Gasteiger partial charge in [-0.2, -0.15) is 0 Å². The molecule has 2 rings (SSSR count). The maximum absolute atomic E-state index is 9.33. The zero-order valence-electron chi connectivity index (χ0n) is 8.84. The lowest BCUT2D eigenvalue weighted by molar-refractivity contribution is -0.0149. The summed E-state index contributed by atoms with van der Waals surface area (Å²) in [5.41, 5.74) is 9.25. The first kappa shape index (κ1) is 10.8. The first-order valence-electron chi connectivity index (χ1n) is 5.12. The summed E-state index contributed by atoms with van der Waals surface area (Å²) in [7, 11) is 0. The van der Waals surface area contributed by atoms with Gasteiger partial charge in [0.25, 0.3) is 0 Å². The lowest BCUT2D eigenvalue weighted by Crippen LogP contribution is -2.41. The van der Waals surface area contributed by atoms with Gasteiger partial charge in [-0.05, 0) is 12.0 Å². The predicted molar refractivity (Wildman–Crippen MR) is 59.3 cm³/mol. The summed E-state index contributed by atoms with van der Waals surface area (Å²) in [6.45, 7) is 0.0229. The van der Waals surface area contributed by atoms with Gasteiger partial charge in [0, 0.05) is 0 Å². The summed E-state index contributed by atoms with van der Waals surface area (Å²) in [6.07, 6.45) is 2.35. The van der Waals surface area contributed by atoms with Gasteiger partial charge in [0.2, 0.25) is 5.88 Å². The van der Waals surface area contributed by atoms with Gasteiger partial charge in [-0.3, -0.25) is 5.01 Å². The van der Waals surface area contributed by atoms with Crippen LogP contribution < -0.4 is 11.3 Å².